The number of ether oxygens (including phenoxy) is 1. The van der Waals surface area contributed by atoms with E-state index in [0.717, 1.165) is 44.0 Å². The van der Waals surface area contributed by atoms with Gasteiger partial charge in [-0.25, -0.2) is 19.6 Å². The first-order valence-corrected chi connectivity index (χ1v) is 13.5. The predicted octanol–water partition coefficient (Wildman–Crippen LogP) is 4.08. The molecule has 4 aromatic rings. The van der Waals surface area contributed by atoms with Crippen LogP contribution in [-0.2, 0) is 15.7 Å². The number of alkyl halides is 3. The zero-order valence-corrected chi connectivity index (χ0v) is 22.3. The van der Waals surface area contributed by atoms with Gasteiger partial charge in [0, 0.05) is 37.0 Å². The summed E-state index contributed by atoms with van der Waals surface area (Å²) in [5.41, 5.74) is 7.24. The molecule has 1 aromatic carbocycles. The van der Waals surface area contributed by atoms with E-state index in [2.05, 4.69) is 20.3 Å². The lowest BCUT2D eigenvalue weighted by atomic mass is 10.0. The maximum Gasteiger partial charge on any atom is 0.416 e. The second-order valence-corrected chi connectivity index (χ2v) is 10.3. The number of aromatic nitrogens is 5. The van der Waals surface area contributed by atoms with Crippen LogP contribution in [0.4, 0.5) is 24.8 Å². The summed E-state index contributed by atoms with van der Waals surface area (Å²) in [5.74, 6) is -0.600. The summed E-state index contributed by atoms with van der Waals surface area (Å²) in [6.45, 7) is 1.71. The normalized spacial score (nSPS) is 19.3. The molecule has 0 saturated carbocycles. The highest BCUT2D eigenvalue weighted by atomic mass is 19.4. The summed E-state index contributed by atoms with van der Waals surface area (Å²) >= 11 is 0. The standard InChI is InChI=1S/C28H27F3N8O3/c29-28(30,31)18-9-10-33-21(13-18)36-26(40)17-7-5-16(6-8-17)23-22-24(32)34-15-35-25(22)39(37-23)19-3-1-11-38(14-19)27(41)20-4-2-12-42-20/h5-10,13,15,19-20H,1-4,11-12,14H2,(H2,32,34,35)(H,33,36,40). The lowest BCUT2D eigenvalue weighted by molar-refractivity contribution is -0.142. The highest BCUT2D eigenvalue weighted by Gasteiger charge is 2.34. The summed E-state index contributed by atoms with van der Waals surface area (Å²) in [4.78, 5) is 40.0. The van der Waals surface area contributed by atoms with Crippen LogP contribution >= 0.6 is 0 Å². The maximum atomic E-state index is 13.0. The number of halogens is 3. The van der Waals surface area contributed by atoms with Gasteiger partial charge in [-0.2, -0.15) is 18.3 Å². The number of likely N-dealkylation sites (tertiary alicyclic amines) is 1. The van der Waals surface area contributed by atoms with Crippen molar-refractivity contribution in [2.75, 3.05) is 30.7 Å². The lowest BCUT2D eigenvalue weighted by Crippen LogP contribution is -2.45. The zero-order chi connectivity index (χ0) is 29.4. The third-order valence-corrected chi connectivity index (χ3v) is 7.53. The fourth-order valence-electron chi connectivity index (χ4n) is 5.43. The minimum atomic E-state index is -4.56. The van der Waals surface area contributed by atoms with Crippen LogP contribution in [0.15, 0.2) is 48.9 Å². The molecule has 0 spiro atoms. The average molecular weight is 581 g/mol. The van der Waals surface area contributed by atoms with E-state index in [1.807, 2.05) is 4.90 Å². The minimum Gasteiger partial charge on any atom is -0.383 e. The zero-order valence-electron chi connectivity index (χ0n) is 22.3. The Hall–Kier alpha value is -4.59. The van der Waals surface area contributed by atoms with Gasteiger partial charge in [0.05, 0.1) is 17.0 Å². The molecule has 2 fully saturated rings. The Balaban J connectivity index is 1.25. The Kier molecular flexibility index (Phi) is 7.22. The molecule has 6 rings (SSSR count). The second kappa shape index (κ2) is 11.0. The maximum absolute atomic E-state index is 13.0. The predicted molar refractivity (Wildman–Crippen MR) is 146 cm³/mol. The fourth-order valence-corrected chi connectivity index (χ4v) is 5.43. The molecular weight excluding hydrogens is 553 g/mol. The van der Waals surface area contributed by atoms with Gasteiger partial charge in [0.15, 0.2) is 5.65 Å². The molecule has 11 nitrogen and oxygen atoms in total. The lowest BCUT2D eigenvalue weighted by Gasteiger charge is -2.34. The number of hydrogen-bond donors (Lipinski definition) is 2. The van der Waals surface area contributed by atoms with Gasteiger partial charge in [0.1, 0.15) is 29.8 Å². The number of rotatable bonds is 5. The van der Waals surface area contributed by atoms with E-state index in [4.69, 9.17) is 15.6 Å². The molecule has 3 aromatic heterocycles. The quantitative estimate of drug-likeness (QED) is 0.360. The summed E-state index contributed by atoms with van der Waals surface area (Å²) in [7, 11) is 0. The van der Waals surface area contributed by atoms with E-state index >= 15 is 0 Å². The molecule has 0 radical (unpaired) electrons. The largest absolute Gasteiger partial charge is 0.416 e. The van der Waals surface area contributed by atoms with Crippen molar-refractivity contribution in [2.45, 2.75) is 44.0 Å². The Morgan fingerprint density at radius 2 is 1.86 bits per heavy atom. The van der Waals surface area contributed by atoms with E-state index < -0.39 is 23.8 Å². The van der Waals surface area contributed by atoms with Crippen LogP contribution in [0, 0.1) is 0 Å². The fraction of sp³-hybridized carbons (Fsp3) is 0.357. The molecule has 0 bridgehead atoms. The molecule has 218 valence electrons. The molecule has 2 atom stereocenters. The van der Waals surface area contributed by atoms with Gasteiger partial charge in [0.25, 0.3) is 11.8 Å². The van der Waals surface area contributed by atoms with Gasteiger partial charge >= 0.3 is 6.18 Å². The number of nitrogens with zero attached hydrogens (tertiary/aromatic N) is 6. The highest BCUT2D eigenvalue weighted by Crippen LogP contribution is 2.34. The number of carbonyl (C=O) groups excluding carboxylic acids is 2. The van der Waals surface area contributed by atoms with E-state index in [-0.39, 0.29) is 29.1 Å². The average Bonchev–Trinajstić information content (AvgIpc) is 3.66. The number of hydrogen-bond acceptors (Lipinski definition) is 8. The summed E-state index contributed by atoms with van der Waals surface area (Å²) in [5, 5.41) is 7.80. The number of pyridine rings is 1. The molecular formula is C28H27F3N8O3. The minimum absolute atomic E-state index is 0.00257. The first-order valence-electron chi connectivity index (χ1n) is 13.5. The van der Waals surface area contributed by atoms with E-state index in [0.29, 0.717) is 42.0 Å². The molecule has 2 saturated heterocycles. The van der Waals surface area contributed by atoms with Crippen molar-refractivity contribution in [1.29, 1.82) is 0 Å². The summed E-state index contributed by atoms with van der Waals surface area (Å²) in [6.07, 6.45) is 0.585. The van der Waals surface area contributed by atoms with Crippen molar-refractivity contribution in [3.05, 3.63) is 60.0 Å². The molecule has 42 heavy (non-hydrogen) atoms. The number of fused-ring (bicyclic) bond motifs is 1. The number of piperidine rings is 1. The van der Waals surface area contributed by atoms with Crippen LogP contribution in [-0.4, -0.2) is 67.2 Å². The number of anilines is 2. The number of amides is 2. The molecule has 0 aliphatic carbocycles. The van der Waals surface area contributed by atoms with Crippen molar-refractivity contribution >= 4 is 34.5 Å². The van der Waals surface area contributed by atoms with Crippen LogP contribution in [0.25, 0.3) is 22.3 Å². The summed E-state index contributed by atoms with van der Waals surface area (Å²) in [6, 6.07) is 7.87. The monoisotopic (exact) mass is 580 g/mol. The van der Waals surface area contributed by atoms with Crippen molar-refractivity contribution < 1.29 is 27.5 Å². The molecule has 5 heterocycles. The molecule has 2 amide bonds. The van der Waals surface area contributed by atoms with Crippen LogP contribution in [0.2, 0.25) is 0 Å². The SMILES string of the molecule is Nc1ncnc2c1c(-c1ccc(C(=O)Nc3cc(C(F)(F)F)ccn3)cc1)nn2C1CCCN(C(=O)C2CCCO2)C1. The van der Waals surface area contributed by atoms with Gasteiger partial charge < -0.3 is 20.7 Å². The van der Waals surface area contributed by atoms with Crippen molar-refractivity contribution in [3.8, 4) is 11.3 Å². The number of nitrogens with two attached hydrogens (primary N) is 1. The molecule has 14 heteroatoms. The Morgan fingerprint density at radius 1 is 1.05 bits per heavy atom. The topological polar surface area (TPSA) is 141 Å². The van der Waals surface area contributed by atoms with Crippen molar-refractivity contribution in [3.63, 3.8) is 0 Å². The van der Waals surface area contributed by atoms with Gasteiger partial charge in [-0.1, -0.05) is 12.1 Å². The van der Waals surface area contributed by atoms with Crippen LogP contribution in [0.1, 0.15) is 47.6 Å². The number of benzene rings is 1. The van der Waals surface area contributed by atoms with Gasteiger partial charge in [0.2, 0.25) is 0 Å². The van der Waals surface area contributed by atoms with Crippen molar-refractivity contribution in [2.24, 2.45) is 0 Å². The van der Waals surface area contributed by atoms with E-state index in [1.165, 1.54) is 18.5 Å². The van der Waals surface area contributed by atoms with E-state index in [1.54, 1.807) is 16.8 Å². The Morgan fingerprint density at radius 3 is 2.60 bits per heavy atom. The molecule has 2 aliphatic heterocycles. The van der Waals surface area contributed by atoms with Gasteiger partial charge in [-0.15, -0.1) is 0 Å². The van der Waals surface area contributed by atoms with Crippen LogP contribution in [0.3, 0.4) is 0 Å². The number of nitrogens with one attached hydrogen (secondary N) is 1. The highest BCUT2D eigenvalue weighted by molar-refractivity contribution is 6.04. The third kappa shape index (κ3) is 5.36. The molecule has 2 aliphatic rings. The molecule has 2 unspecified atom stereocenters. The number of nitrogen functional groups attached to an aromatic ring is 1. The van der Waals surface area contributed by atoms with Crippen molar-refractivity contribution in [1.82, 2.24) is 29.6 Å². The summed E-state index contributed by atoms with van der Waals surface area (Å²) < 4.78 is 46.5. The smallest absolute Gasteiger partial charge is 0.383 e. The van der Waals surface area contributed by atoms with E-state index in [9.17, 15) is 22.8 Å². The van der Waals surface area contributed by atoms with Gasteiger partial charge in [-0.3, -0.25) is 9.59 Å². The Labute approximate surface area is 237 Å². The second-order valence-electron chi connectivity index (χ2n) is 10.3. The van der Waals surface area contributed by atoms with Crippen LogP contribution < -0.4 is 11.1 Å². The Bertz CT molecular complexity index is 1630. The third-order valence-electron chi connectivity index (χ3n) is 7.53. The molecule has 3 N–H and O–H groups in total. The number of carbonyl (C=O) groups is 2. The first kappa shape index (κ1) is 27.6. The van der Waals surface area contributed by atoms with Gasteiger partial charge in [-0.05, 0) is 49.9 Å². The first-order chi connectivity index (χ1) is 20.2. The van der Waals surface area contributed by atoms with Crippen LogP contribution in [0.5, 0.6) is 0 Å².